The first-order valence-electron chi connectivity index (χ1n) is 4.44. The molecule has 13 heavy (non-hydrogen) atoms. The zero-order valence-electron chi connectivity index (χ0n) is 7.60. The number of benzene rings is 1. The third kappa shape index (κ3) is 1.40. The van der Waals surface area contributed by atoms with Gasteiger partial charge >= 0.3 is 0 Å². The van der Waals surface area contributed by atoms with E-state index in [-0.39, 0.29) is 11.5 Å². The Morgan fingerprint density at radius 1 is 1.46 bits per heavy atom. The van der Waals surface area contributed by atoms with Crippen LogP contribution >= 0.6 is 0 Å². The van der Waals surface area contributed by atoms with Crippen molar-refractivity contribution in [2.75, 3.05) is 18.8 Å². The van der Waals surface area contributed by atoms with E-state index < -0.39 is 0 Å². The molecule has 0 unspecified atom stereocenters. The molecule has 0 spiro atoms. The Hall–Kier alpha value is -1.09. The van der Waals surface area contributed by atoms with Crippen LogP contribution in [0, 0.1) is 12.7 Å². The summed E-state index contributed by atoms with van der Waals surface area (Å²) in [6.07, 6.45) is 0. The van der Waals surface area contributed by atoms with Crippen molar-refractivity contribution in [2.45, 2.75) is 12.8 Å². The molecule has 1 aromatic rings. The normalized spacial score (nSPS) is 17.1. The SMILES string of the molecule is Cc1cc(N)c(F)cc1C1CNC1. The highest BCUT2D eigenvalue weighted by Crippen LogP contribution is 2.26. The average Bonchev–Trinajstić information content (AvgIpc) is 1.96. The van der Waals surface area contributed by atoms with Crippen LogP contribution in [0.15, 0.2) is 12.1 Å². The third-order valence-electron chi connectivity index (χ3n) is 2.61. The minimum absolute atomic E-state index is 0.244. The van der Waals surface area contributed by atoms with E-state index in [1.54, 1.807) is 12.1 Å². The summed E-state index contributed by atoms with van der Waals surface area (Å²) in [5.74, 6) is 0.169. The standard InChI is InChI=1S/C10H13FN2/c1-6-2-10(12)9(11)3-8(6)7-4-13-5-7/h2-3,7,13H,4-5,12H2,1H3. The summed E-state index contributed by atoms with van der Waals surface area (Å²) in [6.45, 7) is 3.87. The first kappa shape index (κ1) is 8.51. The van der Waals surface area contributed by atoms with Crippen LogP contribution in [0.25, 0.3) is 0 Å². The maximum atomic E-state index is 13.1. The monoisotopic (exact) mass is 180 g/mol. The van der Waals surface area contributed by atoms with Crippen LogP contribution in [0.4, 0.5) is 10.1 Å². The molecule has 0 aromatic heterocycles. The second-order valence-electron chi connectivity index (χ2n) is 3.59. The van der Waals surface area contributed by atoms with Gasteiger partial charge in [0, 0.05) is 19.0 Å². The van der Waals surface area contributed by atoms with Crippen molar-refractivity contribution in [1.82, 2.24) is 5.32 Å². The first-order chi connectivity index (χ1) is 6.18. The molecule has 1 aliphatic rings. The van der Waals surface area contributed by atoms with Crippen LogP contribution in [0.2, 0.25) is 0 Å². The summed E-state index contributed by atoms with van der Waals surface area (Å²) in [5, 5.41) is 3.17. The molecule has 70 valence electrons. The van der Waals surface area contributed by atoms with Crippen molar-refractivity contribution in [3.05, 3.63) is 29.1 Å². The van der Waals surface area contributed by atoms with Gasteiger partial charge in [0.15, 0.2) is 0 Å². The van der Waals surface area contributed by atoms with Crippen LogP contribution in [0.5, 0.6) is 0 Å². The highest BCUT2D eigenvalue weighted by atomic mass is 19.1. The van der Waals surface area contributed by atoms with Gasteiger partial charge in [-0.3, -0.25) is 0 Å². The van der Waals surface area contributed by atoms with E-state index >= 15 is 0 Å². The van der Waals surface area contributed by atoms with Crippen LogP contribution in [-0.4, -0.2) is 13.1 Å². The number of aryl methyl sites for hydroxylation is 1. The van der Waals surface area contributed by atoms with Gasteiger partial charge in [-0.2, -0.15) is 0 Å². The van der Waals surface area contributed by atoms with Crippen molar-refractivity contribution < 1.29 is 4.39 Å². The van der Waals surface area contributed by atoms with E-state index in [1.165, 1.54) is 0 Å². The molecule has 0 bridgehead atoms. The van der Waals surface area contributed by atoms with Gasteiger partial charge in [0.1, 0.15) is 5.82 Å². The van der Waals surface area contributed by atoms with Crippen molar-refractivity contribution in [3.63, 3.8) is 0 Å². The highest BCUT2D eigenvalue weighted by Gasteiger charge is 2.21. The predicted octanol–water partition coefficient (Wildman–Crippen LogP) is 1.40. The Bertz CT molecular complexity index is 332. The van der Waals surface area contributed by atoms with Crippen LogP contribution < -0.4 is 11.1 Å². The third-order valence-corrected chi connectivity index (χ3v) is 2.61. The second kappa shape index (κ2) is 3.00. The van der Waals surface area contributed by atoms with E-state index in [4.69, 9.17) is 5.73 Å². The molecule has 1 saturated heterocycles. The fourth-order valence-electron chi connectivity index (χ4n) is 1.67. The fourth-order valence-corrected chi connectivity index (χ4v) is 1.67. The summed E-state index contributed by atoms with van der Waals surface area (Å²) >= 11 is 0. The number of hydrogen-bond donors (Lipinski definition) is 2. The predicted molar refractivity (Wildman–Crippen MR) is 51.2 cm³/mol. The number of nitrogen functional groups attached to an aromatic ring is 1. The van der Waals surface area contributed by atoms with Gasteiger partial charge in [-0.25, -0.2) is 4.39 Å². The topological polar surface area (TPSA) is 38.0 Å². The lowest BCUT2D eigenvalue weighted by Gasteiger charge is -2.29. The van der Waals surface area contributed by atoms with Crippen LogP contribution in [0.1, 0.15) is 17.0 Å². The molecule has 0 atom stereocenters. The summed E-state index contributed by atoms with van der Waals surface area (Å²) in [5.41, 5.74) is 7.88. The number of rotatable bonds is 1. The van der Waals surface area contributed by atoms with E-state index in [2.05, 4.69) is 5.32 Å². The molecule has 0 saturated carbocycles. The Morgan fingerprint density at radius 3 is 2.69 bits per heavy atom. The zero-order valence-corrected chi connectivity index (χ0v) is 7.60. The van der Waals surface area contributed by atoms with Crippen molar-refractivity contribution in [3.8, 4) is 0 Å². The van der Waals surface area contributed by atoms with Crippen LogP contribution in [0.3, 0.4) is 0 Å². The zero-order chi connectivity index (χ0) is 9.42. The molecular formula is C10H13FN2. The molecule has 1 heterocycles. The molecule has 1 fully saturated rings. The van der Waals surface area contributed by atoms with Gasteiger partial charge in [0.05, 0.1) is 5.69 Å². The minimum Gasteiger partial charge on any atom is -0.396 e. The van der Waals surface area contributed by atoms with Crippen molar-refractivity contribution >= 4 is 5.69 Å². The maximum Gasteiger partial charge on any atom is 0.146 e. The molecular weight excluding hydrogens is 167 g/mol. The Morgan fingerprint density at radius 2 is 2.15 bits per heavy atom. The van der Waals surface area contributed by atoms with Crippen molar-refractivity contribution in [2.24, 2.45) is 0 Å². The number of hydrogen-bond acceptors (Lipinski definition) is 2. The quantitative estimate of drug-likeness (QED) is 0.641. The maximum absolute atomic E-state index is 13.1. The molecule has 0 aliphatic carbocycles. The summed E-state index contributed by atoms with van der Waals surface area (Å²) in [7, 11) is 0. The number of nitrogens with one attached hydrogen (secondary N) is 1. The molecule has 2 rings (SSSR count). The Labute approximate surface area is 76.9 Å². The minimum atomic E-state index is -0.299. The largest absolute Gasteiger partial charge is 0.396 e. The van der Waals surface area contributed by atoms with E-state index in [9.17, 15) is 4.39 Å². The van der Waals surface area contributed by atoms with E-state index in [0.29, 0.717) is 5.92 Å². The Balaban J connectivity index is 2.39. The lowest BCUT2D eigenvalue weighted by atomic mass is 9.90. The Kier molecular flexibility index (Phi) is 1.96. The molecule has 0 amide bonds. The van der Waals surface area contributed by atoms with Gasteiger partial charge < -0.3 is 11.1 Å². The molecule has 0 radical (unpaired) electrons. The molecule has 3 N–H and O–H groups in total. The van der Waals surface area contributed by atoms with Gasteiger partial charge in [-0.15, -0.1) is 0 Å². The first-order valence-corrected chi connectivity index (χ1v) is 4.44. The molecule has 2 nitrogen and oxygen atoms in total. The van der Waals surface area contributed by atoms with Crippen molar-refractivity contribution in [1.29, 1.82) is 0 Å². The van der Waals surface area contributed by atoms with E-state index in [1.807, 2.05) is 6.92 Å². The summed E-state index contributed by atoms with van der Waals surface area (Å²) in [4.78, 5) is 0. The highest BCUT2D eigenvalue weighted by molar-refractivity contribution is 5.47. The lowest BCUT2D eigenvalue weighted by Crippen LogP contribution is -2.40. The lowest BCUT2D eigenvalue weighted by molar-refractivity contribution is 0.445. The van der Waals surface area contributed by atoms with Gasteiger partial charge in [0.2, 0.25) is 0 Å². The summed E-state index contributed by atoms with van der Waals surface area (Å²) < 4.78 is 13.1. The van der Waals surface area contributed by atoms with Gasteiger partial charge in [0.25, 0.3) is 0 Å². The average molecular weight is 180 g/mol. The molecule has 3 heteroatoms. The molecule has 1 aliphatic heterocycles. The number of halogens is 1. The molecule has 1 aromatic carbocycles. The summed E-state index contributed by atoms with van der Waals surface area (Å²) in [6, 6.07) is 3.28. The fraction of sp³-hybridized carbons (Fsp3) is 0.400. The van der Waals surface area contributed by atoms with E-state index in [0.717, 1.165) is 24.2 Å². The number of nitrogens with two attached hydrogens (primary N) is 1. The van der Waals surface area contributed by atoms with Crippen LogP contribution in [-0.2, 0) is 0 Å². The number of anilines is 1. The second-order valence-corrected chi connectivity index (χ2v) is 3.59. The van der Waals surface area contributed by atoms with Gasteiger partial charge in [-0.05, 0) is 30.2 Å². The smallest absolute Gasteiger partial charge is 0.146 e. The van der Waals surface area contributed by atoms with Gasteiger partial charge in [-0.1, -0.05) is 0 Å².